The van der Waals surface area contributed by atoms with Crippen LogP contribution in [0.2, 0.25) is 0 Å². The number of aliphatic hydroxyl groups is 2. The maximum Gasteiger partial charge on any atom is 0.410 e. The first-order valence-corrected chi connectivity index (χ1v) is 9.24. The first-order valence-electron chi connectivity index (χ1n) is 9.24. The molecule has 1 amide bonds. The van der Waals surface area contributed by atoms with E-state index >= 15 is 0 Å². The molecular formula is C18H34N2O4. The molecule has 2 aliphatic rings. The van der Waals surface area contributed by atoms with Crippen molar-refractivity contribution in [2.24, 2.45) is 5.92 Å². The smallest absolute Gasteiger partial charge is 0.410 e. The number of carbonyl (C=O) groups is 1. The largest absolute Gasteiger partial charge is 0.444 e. The molecule has 2 saturated heterocycles. The van der Waals surface area contributed by atoms with Gasteiger partial charge in [0.2, 0.25) is 0 Å². The van der Waals surface area contributed by atoms with Gasteiger partial charge in [-0.1, -0.05) is 0 Å². The Hall–Kier alpha value is -0.850. The fourth-order valence-corrected chi connectivity index (χ4v) is 3.74. The van der Waals surface area contributed by atoms with Gasteiger partial charge in [-0.15, -0.1) is 0 Å². The number of carbonyl (C=O) groups excluding carboxylic acids is 1. The Morgan fingerprint density at radius 1 is 1.25 bits per heavy atom. The van der Waals surface area contributed by atoms with Crippen LogP contribution in [0.5, 0.6) is 0 Å². The lowest BCUT2D eigenvalue weighted by Gasteiger charge is -2.32. The minimum absolute atomic E-state index is 0.244. The van der Waals surface area contributed by atoms with Crippen LogP contribution in [0.1, 0.15) is 52.9 Å². The van der Waals surface area contributed by atoms with E-state index in [0.29, 0.717) is 38.4 Å². The fraction of sp³-hybridized carbons (Fsp3) is 0.944. The Kier molecular flexibility index (Phi) is 6.51. The summed E-state index contributed by atoms with van der Waals surface area (Å²) in [5, 5.41) is 20.1. The van der Waals surface area contributed by atoms with E-state index in [-0.39, 0.29) is 12.7 Å². The van der Waals surface area contributed by atoms with Crippen molar-refractivity contribution in [3.63, 3.8) is 0 Å². The van der Waals surface area contributed by atoms with Crippen molar-refractivity contribution in [3.05, 3.63) is 0 Å². The topological polar surface area (TPSA) is 73.2 Å². The lowest BCUT2D eigenvalue weighted by Crippen LogP contribution is -2.43. The van der Waals surface area contributed by atoms with E-state index < -0.39 is 11.2 Å². The number of rotatable bonds is 4. The van der Waals surface area contributed by atoms with Crippen LogP contribution >= 0.6 is 0 Å². The summed E-state index contributed by atoms with van der Waals surface area (Å²) in [6.45, 7) is 9.65. The zero-order valence-electron chi connectivity index (χ0n) is 15.5. The molecule has 6 heteroatoms. The highest BCUT2D eigenvalue weighted by molar-refractivity contribution is 5.68. The number of likely N-dealkylation sites (tertiary alicyclic amines) is 2. The van der Waals surface area contributed by atoms with Gasteiger partial charge < -0.3 is 24.7 Å². The number of hydrogen-bond donors (Lipinski definition) is 2. The molecule has 0 aromatic heterocycles. The molecule has 0 unspecified atom stereocenters. The molecule has 2 N–H and O–H groups in total. The Bertz CT molecular complexity index is 424. The third kappa shape index (κ3) is 5.90. The number of amides is 1. The summed E-state index contributed by atoms with van der Waals surface area (Å²) in [4.78, 5) is 16.3. The highest BCUT2D eigenvalue weighted by atomic mass is 16.6. The van der Waals surface area contributed by atoms with E-state index in [1.807, 2.05) is 20.8 Å². The van der Waals surface area contributed by atoms with E-state index in [1.54, 1.807) is 4.90 Å². The highest BCUT2D eigenvalue weighted by Gasteiger charge is 2.36. The summed E-state index contributed by atoms with van der Waals surface area (Å²) in [6.07, 6.45) is 3.77. The summed E-state index contributed by atoms with van der Waals surface area (Å²) in [6, 6.07) is 0. The summed E-state index contributed by atoms with van der Waals surface area (Å²) in [7, 11) is 0. The van der Waals surface area contributed by atoms with Crippen LogP contribution in [0, 0.1) is 5.92 Å². The van der Waals surface area contributed by atoms with E-state index in [1.165, 1.54) is 0 Å². The maximum atomic E-state index is 12.2. The lowest BCUT2D eigenvalue weighted by molar-refractivity contribution is -0.00623. The molecule has 0 aliphatic carbocycles. The van der Waals surface area contributed by atoms with Gasteiger partial charge in [0, 0.05) is 32.8 Å². The standard InChI is InChI=1S/C18H34N2O4/c1-17(2,3)24-16(22)20-9-4-7-18(23,8-11-20)14-19-10-5-15(13-19)6-12-21/h15,21,23H,4-14H2,1-3H3/t15-,18-/m0/s1. The second-order valence-corrected chi connectivity index (χ2v) is 8.45. The molecule has 0 aromatic rings. The van der Waals surface area contributed by atoms with Crippen LogP contribution in [0.3, 0.4) is 0 Å². The van der Waals surface area contributed by atoms with Crippen LogP contribution in [-0.2, 0) is 4.74 Å². The third-order valence-corrected chi connectivity index (χ3v) is 4.99. The average molecular weight is 342 g/mol. The molecule has 0 saturated carbocycles. The monoisotopic (exact) mass is 342 g/mol. The molecule has 2 aliphatic heterocycles. The minimum Gasteiger partial charge on any atom is -0.444 e. The van der Waals surface area contributed by atoms with Crippen LogP contribution in [0.15, 0.2) is 0 Å². The number of hydrogen-bond acceptors (Lipinski definition) is 5. The van der Waals surface area contributed by atoms with Crippen LogP contribution < -0.4 is 0 Å². The molecule has 0 bridgehead atoms. The Labute approximate surface area is 145 Å². The summed E-state index contributed by atoms with van der Waals surface area (Å²) < 4.78 is 5.45. The number of β-amino-alcohol motifs (C(OH)–C–C–N with tert-alkyl or cyclic N) is 1. The number of nitrogens with zero attached hydrogens (tertiary/aromatic N) is 2. The number of ether oxygens (including phenoxy) is 1. The van der Waals surface area contributed by atoms with Gasteiger partial charge in [-0.3, -0.25) is 0 Å². The lowest BCUT2D eigenvalue weighted by atomic mass is 9.94. The van der Waals surface area contributed by atoms with Crippen molar-refractivity contribution < 1.29 is 19.7 Å². The Morgan fingerprint density at radius 3 is 2.67 bits per heavy atom. The summed E-state index contributed by atoms with van der Waals surface area (Å²) >= 11 is 0. The maximum absolute atomic E-state index is 12.2. The van der Waals surface area contributed by atoms with Crippen molar-refractivity contribution in [2.75, 3.05) is 39.3 Å². The second-order valence-electron chi connectivity index (χ2n) is 8.45. The molecule has 2 fully saturated rings. The van der Waals surface area contributed by atoms with Crippen molar-refractivity contribution in [1.29, 1.82) is 0 Å². The molecular weight excluding hydrogens is 308 g/mol. The van der Waals surface area contributed by atoms with Gasteiger partial charge in [0.1, 0.15) is 5.60 Å². The molecule has 0 spiro atoms. The second kappa shape index (κ2) is 8.02. The van der Waals surface area contributed by atoms with E-state index in [0.717, 1.165) is 32.4 Å². The normalized spacial score (nSPS) is 29.5. The predicted octanol–water partition coefficient (Wildman–Crippen LogP) is 1.84. The molecule has 6 nitrogen and oxygen atoms in total. The average Bonchev–Trinajstić information content (AvgIpc) is 2.77. The van der Waals surface area contributed by atoms with Gasteiger partial charge in [-0.25, -0.2) is 4.79 Å². The summed E-state index contributed by atoms with van der Waals surface area (Å²) in [5.41, 5.74) is -1.22. The molecule has 2 rings (SSSR count). The molecule has 2 atom stereocenters. The fourth-order valence-electron chi connectivity index (χ4n) is 3.74. The molecule has 0 aromatic carbocycles. The Morgan fingerprint density at radius 2 is 2.00 bits per heavy atom. The van der Waals surface area contributed by atoms with Crippen molar-refractivity contribution in [3.8, 4) is 0 Å². The molecule has 0 radical (unpaired) electrons. The van der Waals surface area contributed by atoms with E-state index in [9.17, 15) is 9.90 Å². The summed E-state index contributed by atoms with van der Waals surface area (Å²) in [5.74, 6) is 0.544. The highest BCUT2D eigenvalue weighted by Crippen LogP contribution is 2.28. The van der Waals surface area contributed by atoms with Gasteiger partial charge in [0.25, 0.3) is 0 Å². The van der Waals surface area contributed by atoms with Crippen LogP contribution in [0.4, 0.5) is 4.79 Å². The van der Waals surface area contributed by atoms with E-state index in [2.05, 4.69) is 4.90 Å². The first kappa shape index (κ1) is 19.5. The van der Waals surface area contributed by atoms with Gasteiger partial charge in [-0.2, -0.15) is 0 Å². The van der Waals surface area contributed by atoms with E-state index in [4.69, 9.17) is 9.84 Å². The van der Waals surface area contributed by atoms with Gasteiger partial charge >= 0.3 is 6.09 Å². The predicted molar refractivity (Wildman–Crippen MR) is 92.9 cm³/mol. The molecule has 24 heavy (non-hydrogen) atoms. The number of aliphatic hydroxyl groups excluding tert-OH is 1. The van der Waals surface area contributed by atoms with Crippen LogP contribution in [0.25, 0.3) is 0 Å². The zero-order chi connectivity index (χ0) is 17.8. The van der Waals surface area contributed by atoms with Crippen LogP contribution in [-0.4, -0.2) is 76.6 Å². The van der Waals surface area contributed by atoms with Gasteiger partial charge in [-0.05, 0) is 65.3 Å². The van der Waals surface area contributed by atoms with Crippen molar-refractivity contribution in [1.82, 2.24) is 9.80 Å². The SMILES string of the molecule is CC(C)(C)OC(=O)N1CCC[C@@](O)(CN2CC[C@@H](CCO)C2)CC1. The molecule has 2 heterocycles. The molecule has 140 valence electrons. The minimum atomic E-state index is -0.731. The quantitative estimate of drug-likeness (QED) is 0.816. The van der Waals surface area contributed by atoms with Gasteiger partial charge in [0.05, 0.1) is 5.60 Å². The third-order valence-electron chi connectivity index (χ3n) is 4.99. The van der Waals surface area contributed by atoms with Crippen molar-refractivity contribution >= 4 is 6.09 Å². The van der Waals surface area contributed by atoms with Gasteiger partial charge in [0.15, 0.2) is 0 Å². The zero-order valence-corrected chi connectivity index (χ0v) is 15.5. The first-order chi connectivity index (χ1) is 11.2. The van der Waals surface area contributed by atoms with Crippen molar-refractivity contribution in [2.45, 2.75) is 64.1 Å². The Balaban J connectivity index is 1.84.